The van der Waals surface area contributed by atoms with Crippen molar-refractivity contribution in [2.45, 2.75) is 25.4 Å². The first-order valence-corrected chi connectivity index (χ1v) is 11.4. The van der Waals surface area contributed by atoms with E-state index >= 15 is 0 Å². The number of hydrogen-bond acceptors (Lipinski definition) is 5. The second-order valence-corrected chi connectivity index (χ2v) is 9.72. The molecule has 0 saturated carbocycles. The van der Waals surface area contributed by atoms with Gasteiger partial charge < -0.3 is 15.1 Å². The van der Waals surface area contributed by atoms with E-state index in [1.54, 1.807) is 24.4 Å². The average Bonchev–Trinajstić information content (AvgIpc) is 3.38. The standard InChI is InChI=1S/C24H28F3N5/c25-24(26,27)20-14-32(21-5-4-17(11-28)22-19(21)3-1-9-30-22)13-18(20)12-31-10-7-23(16-31)6-2-8-29-15-23/h1,3-5,9,18,20,29H,2,6-8,10,12-16H2/t18-,20-,23?/m0/s1. The van der Waals surface area contributed by atoms with Crippen molar-refractivity contribution in [2.75, 3.05) is 50.7 Å². The average molecular weight is 444 g/mol. The molecule has 0 radical (unpaired) electrons. The van der Waals surface area contributed by atoms with E-state index in [9.17, 15) is 18.4 Å². The van der Waals surface area contributed by atoms with Gasteiger partial charge in [0.15, 0.2) is 0 Å². The normalized spacial score (nSPS) is 29.1. The molecule has 0 amide bonds. The van der Waals surface area contributed by atoms with Crippen molar-refractivity contribution in [1.29, 1.82) is 5.26 Å². The minimum atomic E-state index is -4.23. The van der Waals surface area contributed by atoms with Gasteiger partial charge in [-0.3, -0.25) is 4.98 Å². The SMILES string of the molecule is N#Cc1ccc(N2C[C@H](CN3CCC4(CCCNC4)C3)[C@@H](C(F)(F)F)C2)c2cccnc12. The van der Waals surface area contributed by atoms with Crippen LogP contribution in [0.2, 0.25) is 0 Å². The van der Waals surface area contributed by atoms with E-state index in [-0.39, 0.29) is 12.0 Å². The highest BCUT2D eigenvalue weighted by Crippen LogP contribution is 2.43. The summed E-state index contributed by atoms with van der Waals surface area (Å²) >= 11 is 0. The van der Waals surface area contributed by atoms with Gasteiger partial charge in [0.05, 0.1) is 17.0 Å². The van der Waals surface area contributed by atoms with Crippen molar-refractivity contribution in [3.63, 3.8) is 0 Å². The molecule has 170 valence electrons. The number of nitriles is 1. The summed E-state index contributed by atoms with van der Waals surface area (Å²) in [6.07, 6.45) is 0.765. The molecule has 8 heteroatoms. The van der Waals surface area contributed by atoms with E-state index < -0.39 is 18.0 Å². The predicted octanol–water partition coefficient (Wildman–Crippen LogP) is 3.80. The van der Waals surface area contributed by atoms with Gasteiger partial charge in [-0.2, -0.15) is 18.4 Å². The Bertz CT molecular complexity index is 1020. The smallest absolute Gasteiger partial charge is 0.370 e. The first-order chi connectivity index (χ1) is 15.4. The molecular weight excluding hydrogens is 415 g/mol. The van der Waals surface area contributed by atoms with Gasteiger partial charge in [-0.15, -0.1) is 0 Å². The Labute approximate surface area is 186 Å². The molecule has 1 unspecified atom stereocenters. The Balaban J connectivity index is 1.38. The van der Waals surface area contributed by atoms with Crippen LogP contribution in [0.1, 0.15) is 24.8 Å². The lowest BCUT2D eigenvalue weighted by molar-refractivity contribution is -0.180. The molecule has 3 atom stereocenters. The summed E-state index contributed by atoms with van der Waals surface area (Å²) in [6.45, 7) is 4.59. The number of pyridine rings is 1. The number of anilines is 1. The Kier molecular flexibility index (Phi) is 5.50. The fourth-order valence-corrected chi connectivity index (χ4v) is 6.04. The van der Waals surface area contributed by atoms with Crippen molar-refractivity contribution in [2.24, 2.45) is 17.3 Å². The van der Waals surface area contributed by atoms with Crippen LogP contribution >= 0.6 is 0 Å². The number of alkyl halides is 3. The lowest BCUT2D eigenvalue weighted by Gasteiger charge is -2.34. The molecule has 0 bridgehead atoms. The van der Waals surface area contributed by atoms with E-state index in [1.165, 1.54) is 6.42 Å². The first kappa shape index (κ1) is 21.5. The van der Waals surface area contributed by atoms with Crippen molar-refractivity contribution in [3.8, 4) is 6.07 Å². The van der Waals surface area contributed by atoms with Crippen LogP contribution in [0.4, 0.5) is 18.9 Å². The molecule has 1 aromatic carbocycles. The van der Waals surface area contributed by atoms with Gasteiger partial charge in [0, 0.05) is 55.9 Å². The maximum absolute atomic E-state index is 14.0. The minimum Gasteiger partial charge on any atom is -0.370 e. The van der Waals surface area contributed by atoms with E-state index in [4.69, 9.17) is 0 Å². The molecule has 3 aliphatic rings. The zero-order valence-electron chi connectivity index (χ0n) is 18.0. The van der Waals surface area contributed by atoms with E-state index in [0.717, 1.165) is 50.1 Å². The van der Waals surface area contributed by atoms with Gasteiger partial charge in [0.1, 0.15) is 6.07 Å². The third-order valence-corrected chi connectivity index (χ3v) is 7.64. The number of benzene rings is 1. The maximum atomic E-state index is 14.0. The predicted molar refractivity (Wildman–Crippen MR) is 117 cm³/mol. The molecule has 1 aromatic heterocycles. The van der Waals surface area contributed by atoms with Crippen molar-refractivity contribution >= 4 is 16.6 Å². The zero-order valence-corrected chi connectivity index (χ0v) is 18.0. The number of hydrogen-bond donors (Lipinski definition) is 1. The second-order valence-electron chi connectivity index (χ2n) is 9.72. The summed E-state index contributed by atoms with van der Waals surface area (Å²) in [4.78, 5) is 8.43. The quantitative estimate of drug-likeness (QED) is 0.782. The fourth-order valence-electron chi connectivity index (χ4n) is 6.04. The van der Waals surface area contributed by atoms with Crippen molar-refractivity contribution in [3.05, 3.63) is 36.0 Å². The topological polar surface area (TPSA) is 55.2 Å². The maximum Gasteiger partial charge on any atom is 0.393 e. The third kappa shape index (κ3) is 3.93. The molecule has 1 N–H and O–H groups in total. The zero-order chi connectivity index (χ0) is 22.3. The van der Waals surface area contributed by atoms with Crippen LogP contribution in [-0.2, 0) is 0 Å². The van der Waals surface area contributed by atoms with Gasteiger partial charge in [-0.25, -0.2) is 0 Å². The number of fused-ring (bicyclic) bond motifs is 1. The lowest BCUT2D eigenvalue weighted by atomic mass is 9.80. The lowest BCUT2D eigenvalue weighted by Crippen LogP contribution is -2.43. The van der Waals surface area contributed by atoms with Crippen LogP contribution in [0, 0.1) is 28.6 Å². The Morgan fingerprint density at radius 3 is 2.84 bits per heavy atom. The summed E-state index contributed by atoms with van der Waals surface area (Å²) in [7, 11) is 0. The molecule has 32 heavy (non-hydrogen) atoms. The van der Waals surface area contributed by atoms with E-state index in [0.29, 0.717) is 24.2 Å². The third-order valence-electron chi connectivity index (χ3n) is 7.64. The highest BCUT2D eigenvalue weighted by molar-refractivity contribution is 5.95. The number of halogens is 3. The molecule has 3 fully saturated rings. The molecule has 3 aliphatic heterocycles. The number of aromatic nitrogens is 1. The summed E-state index contributed by atoms with van der Waals surface area (Å²) in [5.74, 6) is -1.82. The number of likely N-dealkylation sites (tertiary alicyclic amines) is 1. The minimum absolute atomic E-state index is 0.0510. The van der Waals surface area contributed by atoms with Crippen LogP contribution in [0.5, 0.6) is 0 Å². The van der Waals surface area contributed by atoms with Gasteiger partial charge in [-0.05, 0) is 62.0 Å². The molecule has 2 aromatic rings. The highest BCUT2D eigenvalue weighted by Gasteiger charge is 2.51. The molecule has 4 heterocycles. The number of nitrogens with zero attached hydrogens (tertiary/aromatic N) is 4. The van der Waals surface area contributed by atoms with Gasteiger partial charge in [0.2, 0.25) is 0 Å². The van der Waals surface area contributed by atoms with Crippen LogP contribution in [-0.4, -0.2) is 61.9 Å². The largest absolute Gasteiger partial charge is 0.393 e. The molecule has 3 saturated heterocycles. The summed E-state index contributed by atoms with van der Waals surface area (Å²) < 4.78 is 42.1. The number of rotatable bonds is 3. The molecular formula is C24H28F3N5. The molecule has 5 rings (SSSR count). The van der Waals surface area contributed by atoms with Crippen molar-refractivity contribution in [1.82, 2.24) is 15.2 Å². The van der Waals surface area contributed by atoms with E-state index in [1.807, 2.05) is 11.0 Å². The second kappa shape index (κ2) is 8.20. The molecule has 5 nitrogen and oxygen atoms in total. The van der Waals surface area contributed by atoms with Gasteiger partial charge >= 0.3 is 6.18 Å². The summed E-state index contributed by atoms with van der Waals surface area (Å²) in [6, 6.07) is 9.19. The van der Waals surface area contributed by atoms with Crippen LogP contribution < -0.4 is 10.2 Å². The van der Waals surface area contributed by atoms with Crippen molar-refractivity contribution < 1.29 is 13.2 Å². The van der Waals surface area contributed by atoms with Gasteiger partial charge in [0.25, 0.3) is 0 Å². The van der Waals surface area contributed by atoms with E-state index in [2.05, 4.69) is 21.3 Å². The number of piperidine rings is 1. The fraction of sp³-hybridized carbons (Fsp3) is 0.583. The monoisotopic (exact) mass is 443 g/mol. The number of nitrogens with one attached hydrogen (secondary N) is 1. The first-order valence-electron chi connectivity index (χ1n) is 11.4. The van der Waals surface area contributed by atoms with Crippen LogP contribution in [0.3, 0.4) is 0 Å². The molecule has 1 spiro atoms. The van der Waals surface area contributed by atoms with Gasteiger partial charge in [-0.1, -0.05) is 0 Å². The van der Waals surface area contributed by atoms with Crippen LogP contribution in [0.15, 0.2) is 30.5 Å². The summed E-state index contributed by atoms with van der Waals surface area (Å²) in [5.41, 5.74) is 1.96. The molecule has 0 aliphatic carbocycles. The Morgan fingerprint density at radius 1 is 1.22 bits per heavy atom. The van der Waals surface area contributed by atoms with Crippen LogP contribution in [0.25, 0.3) is 10.9 Å². The Morgan fingerprint density at radius 2 is 2.09 bits per heavy atom. The highest BCUT2D eigenvalue weighted by atomic mass is 19.4. The summed E-state index contributed by atoms with van der Waals surface area (Å²) in [5, 5.41) is 13.6. The Hall–Kier alpha value is -2.37.